The fraction of sp³-hybridized carbons (Fsp3) is 0.250. The van der Waals surface area contributed by atoms with Gasteiger partial charge in [-0.25, -0.2) is 0 Å². The third-order valence-corrected chi connectivity index (χ3v) is 4.71. The first-order chi connectivity index (χ1) is 12.8. The van der Waals surface area contributed by atoms with E-state index in [2.05, 4.69) is 0 Å². The van der Waals surface area contributed by atoms with Gasteiger partial charge in [0.15, 0.2) is 11.5 Å². The molecule has 0 saturated heterocycles. The standard InChI is InChI=1S/C20H21NO4S/c1-23-18-8-2-3-9-19(18)25-12-10-20(22)21(14-16-6-4-11-24-16)15-17-7-5-13-26-17/h2-9,11,13H,10,12,14-15H2,1H3. The Hall–Kier alpha value is -2.73. The summed E-state index contributed by atoms with van der Waals surface area (Å²) in [5.74, 6) is 2.08. The number of carbonyl (C=O) groups is 1. The SMILES string of the molecule is COc1ccccc1OCCC(=O)N(Cc1ccco1)Cc1cccs1. The van der Waals surface area contributed by atoms with Crippen LogP contribution in [0.5, 0.6) is 11.5 Å². The number of methoxy groups -OCH3 is 1. The molecule has 0 fully saturated rings. The highest BCUT2D eigenvalue weighted by atomic mass is 32.1. The minimum absolute atomic E-state index is 0.0182. The predicted octanol–water partition coefficient (Wildman–Crippen LogP) is 4.35. The van der Waals surface area contributed by atoms with Crippen molar-refractivity contribution >= 4 is 17.2 Å². The summed E-state index contributed by atoms with van der Waals surface area (Å²) >= 11 is 1.63. The lowest BCUT2D eigenvalue weighted by Crippen LogP contribution is -2.30. The number of hydrogen-bond acceptors (Lipinski definition) is 5. The third kappa shape index (κ3) is 4.89. The zero-order valence-corrected chi connectivity index (χ0v) is 15.4. The van der Waals surface area contributed by atoms with Crippen molar-refractivity contribution in [2.24, 2.45) is 0 Å². The summed E-state index contributed by atoms with van der Waals surface area (Å²) in [6, 6.07) is 15.1. The summed E-state index contributed by atoms with van der Waals surface area (Å²) < 4.78 is 16.4. The molecule has 3 aromatic rings. The zero-order chi connectivity index (χ0) is 18.2. The summed E-state index contributed by atoms with van der Waals surface area (Å²) in [5, 5.41) is 2.01. The van der Waals surface area contributed by atoms with Gasteiger partial charge in [-0.1, -0.05) is 18.2 Å². The monoisotopic (exact) mass is 371 g/mol. The maximum atomic E-state index is 12.7. The van der Waals surface area contributed by atoms with Crippen molar-refractivity contribution < 1.29 is 18.7 Å². The molecule has 0 unspecified atom stereocenters. The quantitative estimate of drug-likeness (QED) is 0.561. The Bertz CT molecular complexity index is 763. The molecule has 0 spiro atoms. The number of ether oxygens (including phenoxy) is 2. The van der Waals surface area contributed by atoms with E-state index in [0.717, 1.165) is 10.6 Å². The van der Waals surface area contributed by atoms with Crippen molar-refractivity contribution in [2.75, 3.05) is 13.7 Å². The number of rotatable bonds is 9. The van der Waals surface area contributed by atoms with Crippen LogP contribution in [0.1, 0.15) is 17.1 Å². The zero-order valence-electron chi connectivity index (χ0n) is 14.6. The van der Waals surface area contributed by atoms with E-state index in [1.165, 1.54) is 0 Å². The molecule has 0 aliphatic heterocycles. The first-order valence-electron chi connectivity index (χ1n) is 8.34. The average molecular weight is 371 g/mol. The van der Waals surface area contributed by atoms with E-state index in [-0.39, 0.29) is 18.9 Å². The summed E-state index contributed by atoms with van der Waals surface area (Å²) in [6.07, 6.45) is 1.90. The highest BCUT2D eigenvalue weighted by Gasteiger charge is 2.17. The number of hydrogen-bond donors (Lipinski definition) is 0. The van der Waals surface area contributed by atoms with Gasteiger partial charge in [0.2, 0.25) is 5.91 Å². The molecular formula is C20H21NO4S. The number of nitrogens with zero attached hydrogens (tertiary/aromatic N) is 1. The molecule has 136 valence electrons. The molecule has 0 N–H and O–H groups in total. The van der Waals surface area contributed by atoms with E-state index in [4.69, 9.17) is 13.9 Å². The molecule has 5 nitrogen and oxygen atoms in total. The summed E-state index contributed by atoms with van der Waals surface area (Å²) in [4.78, 5) is 15.6. The van der Waals surface area contributed by atoms with E-state index < -0.39 is 0 Å². The van der Waals surface area contributed by atoms with Gasteiger partial charge in [0.1, 0.15) is 5.76 Å². The average Bonchev–Trinajstić information content (AvgIpc) is 3.35. The molecule has 1 aromatic carbocycles. The summed E-state index contributed by atoms with van der Waals surface area (Å²) in [6.45, 7) is 1.29. The van der Waals surface area contributed by atoms with Crippen molar-refractivity contribution in [3.63, 3.8) is 0 Å². The van der Waals surface area contributed by atoms with Gasteiger partial charge in [0, 0.05) is 4.88 Å². The molecule has 1 amide bonds. The van der Waals surface area contributed by atoms with E-state index in [9.17, 15) is 4.79 Å². The molecular weight excluding hydrogens is 350 g/mol. The largest absolute Gasteiger partial charge is 0.493 e. The van der Waals surface area contributed by atoms with Gasteiger partial charge in [-0.15, -0.1) is 11.3 Å². The van der Waals surface area contributed by atoms with Crippen LogP contribution in [0.2, 0.25) is 0 Å². The Labute approximate surface area is 156 Å². The number of amides is 1. The van der Waals surface area contributed by atoms with Gasteiger partial charge in [0.05, 0.1) is 39.5 Å². The molecule has 0 aliphatic rings. The number of thiophene rings is 1. The Morgan fingerprint density at radius 2 is 1.92 bits per heavy atom. The molecule has 2 aromatic heterocycles. The van der Waals surface area contributed by atoms with Gasteiger partial charge in [-0.3, -0.25) is 4.79 Å². The van der Waals surface area contributed by atoms with Crippen LogP contribution in [0.4, 0.5) is 0 Å². The molecule has 0 saturated carbocycles. The lowest BCUT2D eigenvalue weighted by atomic mass is 10.3. The van der Waals surface area contributed by atoms with E-state index >= 15 is 0 Å². The first-order valence-corrected chi connectivity index (χ1v) is 9.22. The predicted molar refractivity (Wildman–Crippen MR) is 100 cm³/mol. The Morgan fingerprint density at radius 1 is 1.08 bits per heavy atom. The fourth-order valence-corrected chi connectivity index (χ4v) is 3.28. The van der Waals surface area contributed by atoms with Crippen LogP contribution < -0.4 is 9.47 Å². The number of benzene rings is 1. The van der Waals surface area contributed by atoms with E-state index in [1.807, 2.05) is 53.9 Å². The van der Waals surface area contributed by atoms with Crippen LogP contribution >= 0.6 is 11.3 Å². The minimum atomic E-state index is 0.0182. The lowest BCUT2D eigenvalue weighted by molar-refractivity contribution is -0.133. The van der Waals surface area contributed by atoms with Crippen LogP contribution in [0.15, 0.2) is 64.6 Å². The fourth-order valence-electron chi connectivity index (χ4n) is 2.56. The molecule has 3 rings (SSSR count). The van der Waals surface area contributed by atoms with Gasteiger partial charge >= 0.3 is 0 Å². The van der Waals surface area contributed by atoms with Crippen molar-refractivity contribution in [3.05, 3.63) is 70.8 Å². The number of para-hydroxylation sites is 2. The van der Waals surface area contributed by atoms with Gasteiger partial charge in [0.25, 0.3) is 0 Å². The van der Waals surface area contributed by atoms with Crippen molar-refractivity contribution in [1.82, 2.24) is 4.90 Å². The third-order valence-electron chi connectivity index (χ3n) is 3.85. The van der Waals surface area contributed by atoms with Gasteiger partial charge < -0.3 is 18.8 Å². The van der Waals surface area contributed by atoms with Gasteiger partial charge in [-0.05, 0) is 35.7 Å². The van der Waals surface area contributed by atoms with Crippen molar-refractivity contribution in [2.45, 2.75) is 19.5 Å². The first kappa shape index (κ1) is 18.1. The molecule has 2 heterocycles. The topological polar surface area (TPSA) is 51.9 Å². The molecule has 0 bridgehead atoms. The summed E-state index contributed by atoms with van der Waals surface area (Å²) in [5.41, 5.74) is 0. The maximum absolute atomic E-state index is 12.7. The normalized spacial score (nSPS) is 10.5. The van der Waals surface area contributed by atoms with Crippen LogP contribution in [0, 0.1) is 0 Å². The van der Waals surface area contributed by atoms with Crippen molar-refractivity contribution in [1.29, 1.82) is 0 Å². The smallest absolute Gasteiger partial charge is 0.226 e. The summed E-state index contributed by atoms with van der Waals surface area (Å²) in [7, 11) is 1.60. The van der Waals surface area contributed by atoms with Crippen LogP contribution in [-0.4, -0.2) is 24.5 Å². The molecule has 6 heteroatoms. The van der Waals surface area contributed by atoms with Crippen LogP contribution in [-0.2, 0) is 17.9 Å². The number of carbonyl (C=O) groups excluding carboxylic acids is 1. The highest BCUT2D eigenvalue weighted by Crippen LogP contribution is 2.26. The van der Waals surface area contributed by atoms with Crippen LogP contribution in [0.3, 0.4) is 0 Å². The second-order valence-electron chi connectivity index (χ2n) is 5.66. The Morgan fingerprint density at radius 3 is 2.62 bits per heavy atom. The second-order valence-corrected chi connectivity index (χ2v) is 6.69. The molecule has 0 atom stereocenters. The second kappa shape index (κ2) is 9.10. The maximum Gasteiger partial charge on any atom is 0.226 e. The van der Waals surface area contributed by atoms with E-state index in [1.54, 1.807) is 29.6 Å². The van der Waals surface area contributed by atoms with Gasteiger partial charge in [-0.2, -0.15) is 0 Å². The molecule has 26 heavy (non-hydrogen) atoms. The van der Waals surface area contributed by atoms with Crippen LogP contribution in [0.25, 0.3) is 0 Å². The van der Waals surface area contributed by atoms with Crippen molar-refractivity contribution in [3.8, 4) is 11.5 Å². The minimum Gasteiger partial charge on any atom is -0.493 e. The molecule has 0 radical (unpaired) electrons. The number of furan rings is 1. The Balaban J connectivity index is 1.59. The Kier molecular flexibility index (Phi) is 6.33. The lowest BCUT2D eigenvalue weighted by Gasteiger charge is -2.21. The molecule has 0 aliphatic carbocycles. The van der Waals surface area contributed by atoms with E-state index in [0.29, 0.717) is 24.6 Å². The highest BCUT2D eigenvalue weighted by molar-refractivity contribution is 7.09.